The maximum absolute atomic E-state index is 7.22. The van der Waals surface area contributed by atoms with E-state index in [2.05, 4.69) is 264 Å². The molecule has 0 atom stereocenters. The SMILES string of the molecule is c1ccc([Si](c2ccccc2)(c2cccc3c2oc2ccc(-c4cccc(-n5c6ccccc6c6ccccc65)c4)cc23)c2cccc3c2oc2ccc(-n4c5ccccc5c5ccccc54)cc23)cc1. The Morgan fingerprint density at radius 2 is 0.662 bits per heavy atom. The third-order valence-corrected chi connectivity index (χ3v) is 19.9. The van der Waals surface area contributed by atoms with Crippen molar-refractivity contribution in [3.8, 4) is 22.5 Å². The van der Waals surface area contributed by atoms with E-state index in [1.807, 2.05) is 0 Å². The van der Waals surface area contributed by atoms with Crippen molar-refractivity contribution in [2.24, 2.45) is 0 Å². The molecule has 0 aliphatic heterocycles. The van der Waals surface area contributed by atoms with Crippen LogP contribution in [0.15, 0.2) is 264 Å². The maximum atomic E-state index is 7.22. The molecule has 11 aromatic carbocycles. The van der Waals surface area contributed by atoms with Crippen molar-refractivity contribution < 1.29 is 8.83 Å². The fourth-order valence-electron chi connectivity index (χ4n) is 12.0. The molecule has 0 saturated heterocycles. The Hall–Kier alpha value is -9.16. The van der Waals surface area contributed by atoms with Crippen LogP contribution in [0.25, 0.3) is 110 Å². The fourth-order valence-corrected chi connectivity index (χ4v) is 17.0. The molecule has 0 radical (unpaired) electrons. The molecular formula is C66H42N2O2Si. The van der Waals surface area contributed by atoms with Gasteiger partial charge < -0.3 is 18.0 Å². The predicted octanol–water partition coefficient (Wildman–Crippen LogP) is 14.7. The van der Waals surface area contributed by atoms with Gasteiger partial charge in [-0.15, -0.1) is 0 Å². The van der Waals surface area contributed by atoms with Gasteiger partial charge in [-0.1, -0.05) is 188 Å². The average Bonchev–Trinajstić information content (AvgIpc) is 4.20. The minimum Gasteiger partial charge on any atom is -0.456 e. The lowest BCUT2D eigenvalue weighted by Gasteiger charge is -2.34. The van der Waals surface area contributed by atoms with Gasteiger partial charge in [0.25, 0.3) is 0 Å². The molecule has 0 saturated carbocycles. The number of nitrogens with zero attached hydrogens (tertiary/aromatic N) is 2. The minimum atomic E-state index is -3.25. The first kappa shape index (κ1) is 39.8. The van der Waals surface area contributed by atoms with E-state index in [0.717, 1.165) is 66.4 Å². The van der Waals surface area contributed by atoms with Gasteiger partial charge in [0.2, 0.25) is 0 Å². The average molecular weight is 923 g/mol. The van der Waals surface area contributed by atoms with Crippen molar-refractivity contribution in [2.45, 2.75) is 0 Å². The Kier molecular flexibility index (Phi) is 8.64. The maximum Gasteiger partial charge on any atom is 0.188 e. The second kappa shape index (κ2) is 15.4. The summed E-state index contributed by atoms with van der Waals surface area (Å²) in [5, 5.41) is 14.2. The van der Waals surface area contributed by atoms with Crippen LogP contribution in [0, 0.1) is 0 Å². The van der Waals surface area contributed by atoms with Crippen LogP contribution in [-0.2, 0) is 0 Å². The molecule has 71 heavy (non-hydrogen) atoms. The summed E-state index contributed by atoms with van der Waals surface area (Å²) in [6.45, 7) is 0. The highest BCUT2D eigenvalue weighted by Gasteiger charge is 2.45. The molecule has 0 fully saturated rings. The summed E-state index contributed by atoms with van der Waals surface area (Å²) in [5.74, 6) is 0. The Labute approximate surface area is 409 Å². The summed E-state index contributed by atoms with van der Waals surface area (Å²) in [5.41, 5.74) is 12.8. The highest BCUT2D eigenvalue weighted by molar-refractivity contribution is 7.21. The van der Waals surface area contributed by atoms with E-state index < -0.39 is 8.07 Å². The molecule has 4 heterocycles. The number of fused-ring (bicyclic) bond motifs is 12. The van der Waals surface area contributed by atoms with Crippen LogP contribution in [0.4, 0.5) is 0 Å². The smallest absolute Gasteiger partial charge is 0.188 e. The summed E-state index contributed by atoms with van der Waals surface area (Å²) in [7, 11) is -3.25. The van der Waals surface area contributed by atoms with Crippen LogP contribution < -0.4 is 20.7 Å². The minimum absolute atomic E-state index is 0.859. The number of aromatic nitrogens is 2. The van der Waals surface area contributed by atoms with Crippen molar-refractivity contribution in [1.29, 1.82) is 0 Å². The number of furan rings is 2. The van der Waals surface area contributed by atoms with Crippen molar-refractivity contribution in [1.82, 2.24) is 9.13 Å². The zero-order chi connectivity index (χ0) is 46.6. The number of benzene rings is 11. The molecule has 0 amide bonds. The molecule has 5 heteroatoms. The van der Waals surface area contributed by atoms with Gasteiger partial charge in [0, 0.05) is 54.5 Å². The fraction of sp³-hybridized carbons (Fsp3) is 0. The summed E-state index contributed by atoms with van der Waals surface area (Å²) in [6, 6.07) is 92.8. The first-order valence-corrected chi connectivity index (χ1v) is 26.3. The number of hydrogen-bond acceptors (Lipinski definition) is 2. The van der Waals surface area contributed by atoms with Crippen LogP contribution in [0.3, 0.4) is 0 Å². The molecular weight excluding hydrogens is 881 g/mol. The molecule has 15 aromatic rings. The van der Waals surface area contributed by atoms with Gasteiger partial charge in [0.1, 0.15) is 22.3 Å². The van der Waals surface area contributed by atoms with Gasteiger partial charge in [0.05, 0.1) is 22.1 Å². The lowest BCUT2D eigenvalue weighted by Crippen LogP contribution is -2.75. The van der Waals surface area contributed by atoms with Crippen LogP contribution in [0.2, 0.25) is 0 Å². The van der Waals surface area contributed by atoms with E-state index >= 15 is 0 Å². The van der Waals surface area contributed by atoms with Crippen molar-refractivity contribution in [2.75, 3.05) is 0 Å². The highest BCUT2D eigenvalue weighted by Crippen LogP contribution is 2.39. The van der Waals surface area contributed by atoms with Gasteiger partial charge in [0.15, 0.2) is 8.07 Å². The van der Waals surface area contributed by atoms with E-state index in [9.17, 15) is 0 Å². The molecule has 4 aromatic heterocycles. The third-order valence-electron chi connectivity index (χ3n) is 15.1. The van der Waals surface area contributed by atoms with E-state index in [0.29, 0.717) is 0 Å². The number of rotatable bonds is 7. The van der Waals surface area contributed by atoms with Gasteiger partial charge in [-0.25, -0.2) is 0 Å². The van der Waals surface area contributed by atoms with E-state index in [1.54, 1.807) is 0 Å². The number of para-hydroxylation sites is 6. The second-order valence-electron chi connectivity index (χ2n) is 18.7. The third kappa shape index (κ3) is 5.78. The van der Waals surface area contributed by atoms with Crippen LogP contribution >= 0.6 is 0 Å². The molecule has 0 N–H and O–H groups in total. The van der Waals surface area contributed by atoms with Crippen LogP contribution in [0.5, 0.6) is 0 Å². The molecule has 332 valence electrons. The molecule has 4 nitrogen and oxygen atoms in total. The van der Waals surface area contributed by atoms with E-state index in [1.165, 1.54) is 64.4 Å². The molecule has 0 spiro atoms. The largest absolute Gasteiger partial charge is 0.456 e. The second-order valence-corrected chi connectivity index (χ2v) is 22.5. The van der Waals surface area contributed by atoms with Crippen molar-refractivity contribution in [3.63, 3.8) is 0 Å². The zero-order valence-electron chi connectivity index (χ0n) is 38.5. The first-order valence-electron chi connectivity index (χ1n) is 24.3. The predicted molar refractivity (Wildman–Crippen MR) is 299 cm³/mol. The Balaban J connectivity index is 0.944. The highest BCUT2D eigenvalue weighted by atomic mass is 28.3. The monoisotopic (exact) mass is 922 g/mol. The van der Waals surface area contributed by atoms with E-state index in [-0.39, 0.29) is 0 Å². The summed E-state index contributed by atoms with van der Waals surface area (Å²) < 4.78 is 19.2. The van der Waals surface area contributed by atoms with Gasteiger partial charge >= 0.3 is 0 Å². The van der Waals surface area contributed by atoms with Gasteiger partial charge in [-0.3, -0.25) is 0 Å². The first-order chi connectivity index (χ1) is 35.2. The molecule has 0 aliphatic rings. The van der Waals surface area contributed by atoms with Crippen LogP contribution in [-0.4, -0.2) is 17.2 Å². The Morgan fingerprint density at radius 3 is 1.17 bits per heavy atom. The molecule has 15 rings (SSSR count). The lowest BCUT2D eigenvalue weighted by molar-refractivity contribution is 0.670. The van der Waals surface area contributed by atoms with Gasteiger partial charge in [-0.05, 0) is 98.6 Å². The quantitative estimate of drug-likeness (QED) is 0.118. The molecule has 0 unspecified atom stereocenters. The normalized spacial score (nSPS) is 12.2. The summed E-state index contributed by atoms with van der Waals surface area (Å²) >= 11 is 0. The summed E-state index contributed by atoms with van der Waals surface area (Å²) in [4.78, 5) is 0. The topological polar surface area (TPSA) is 36.1 Å². The number of hydrogen-bond donors (Lipinski definition) is 0. The molecule has 0 bridgehead atoms. The van der Waals surface area contributed by atoms with E-state index in [4.69, 9.17) is 8.83 Å². The van der Waals surface area contributed by atoms with Gasteiger partial charge in [-0.2, -0.15) is 0 Å². The Bertz CT molecular complexity index is 4450. The van der Waals surface area contributed by atoms with Crippen LogP contribution in [0.1, 0.15) is 0 Å². The van der Waals surface area contributed by atoms with Crippen molar-refractivity contribution in [3.05, 3.63) is 255 Å². The zero-order valence-corrected chi connectivity index (χ0v) is 39.5. The Morgan fingerprint density at radius 1 is 0.268 bits per heavy atom. The standard InChI is InChI=1S/C66H42N2O2Si/c1-3-20-47(21-4-1)71(48-22-5-2-6-23-48,64-35-17-29-54-56-42-46(37-39-62(56)70-66(54)64)68-59-32-13-9-26-51(59)52-27-10-14-33-60(52)68)63-34-16-28-53-55-41-44(36-38-61(55)69-65(53)63)43-18-15-19-45(40-43)67-57-30-11-7-24-49(57)50-25-8-12-31-58(50)67/h1-42H. The lowest BCUT2D eigenvalue weighted by atomic mass is 10.0. The summed E-state index contributed by atoms with van der Waals surface area (Å²) in [6.07, 6.45) is 0. The molecule has 0 aliphatic carbocycles. The van der Waals surface area contributed by atoms with Crippen molar-refractivity contribution >= 4 is 116 Å².